The molecule has 0 aliphatic carbocycles. The van der Waals surface area contributed by atoms with Crippen LogP contribution in [0.1, 0.15) is 0 Å². The molecule has 1 amide bonds. The summed E-state index contributed by atoms with van der Waals surface area (Å²) < 4.78 is 12.5. The molecule has 13 heteroatoms. The Morgan fingerprint density at radius 2 is 2.03 bits per heavy atom. The van der Waals surface area contributed by atoms with Crippen LogP contribution in [-0.2, 0) is 16.1 Å². The molecule has 0 saturated carbocycles. The van der Waals surface area contributed by atoms with Gasteiger partial charge in [0.05, 0.1) is 25.5 Å². The third-order valence-electron chi connectivity index (χ3n) is 4.67. The number of hydrogen-bond donors (Lipinski definition) is 4. The first kappa shape index (κ1) is 19.9. The van der Waals surface area contributed by atoms with Crippen LogP contribution in [0.3, 0.4) is 0 Å². The van der Waals surface area contributed by atoms with Crippen molar-refractivity contribution < 1.29 is 24.5 Å². The maximum atomic E-state index is 12.1. The zero-order chi connectivity index (χ0) is 21.1. The average molecular weight is 416 g/mol. The van der Waals surface area contributed by atoms with Gasteiger partial charge in [0.25, 0.3) is 5.91 Å². The molecular weight excluding hydrogens is 396 g/mol. The van der Waals surface area contributed by atoms with Gasteiger partial charge < -0.3 is 35.3 Å². The molecule has 0 bridgehead atoms. The molecule has 0 unspecified atom stereocenters. The summed E-state index contributed by atoms with van der Waals surface area (Å²) in [4.78, 5) is 31.9. The highest BCUT2D eigenvalue weighted by molar-refractivity contribution is 5.81. The monoisotopic (exact) mass is 416 g/mol. The lowest BCUT2D eigenvalue weighted by Crippen LogP contribution is -2.60. The Balaban J connectivity index is 1.34. The summed E-state index contributed by atoms with van der Waals surface area (Å²) in [6.45, 7) is -0.177. The molecule has 5 N–H and O–H groups in total. The molecular formula is C17H20N8O5. The third kappa shape index (κ3) is 4.12. The Morgan fingerprint density at radius 3 is 2.83 bits per heavy atom. The largest absolute Gasteiger partial charge is 0.453 e. The van der Waals surface area contributed by atoms with Crippen LogP contribution in [0.4, 0.5) is 5.82 Å². The van der Waals surface area contributed by atoms with E-state index in [1.807, 2.05) is 0 Å². The second-order valence-electron chi connectivity index (χ2n) is 6.68. The molecule has 1 aliphatic rings. The van der Waals surface area contributed by atoms with Gasteiger partial charge in [-0.2, -0.15) is 0 Å². The van der Waals surface area contributed by atoms with Gasteiger partial charge in [-0.3, -0.25) is 4.79 Å². The lowest BCUT2D eigenvalue weighted by Gasteiger charge is -2.38. The lowest BCUT2D eigenvalue weighted by atomic mass is 9.98. The molecule has 4 heterocycles. The molecule has 1 fully saturated rings. The highest BCUT2D eigenvalue weighted by atomic mass is 16.5. The van der Waals surface area contributed by atoms with Gasteiger partial charge in [-0.25, -0.2) is 24.9 Å². The van der Waals surface area contributed by atoms with Gasteiger partial charge >= 0.3 is 6.01 Å². The van der Waals surface area contributed by atoms with Crippen molar-refractivity contribution in [2.75, 3.05) is 18.9 Å². The predicted molar refractivity (Wildman–Crippen MR) is 101 cm³/mol. The number of rotatable bonds is 6. The van der Waals surface area contributed by atoms with E-state index < -0.39 is 30.3 Å². The lowest BCUT2D eigenvalue weighted by molar-refractivity contribution is -0.158. The van der Waals surface area contributed by atoms with Gasteiger partial charge in [0, 0.05) is 12.4 Å². The third-order valence-corrected chi connectivity index (χ3v) is 4.67. The normalized spacial score (nSPS) is 23.9. The number of ether oxygens (including phenoxy) is 2. The van der Waals surface area contributed by atoms with Gasteiger partial charge in [0.2, 0.25) is 0 Å². The predicted octanol–water partition coefficient (Wildman–Crippen LogP) is -2.12. The van der Waals surface area contributed by atoms with Crippen LogP contribution in [0, 0.1) is 0 Å². The summed E-state index contributed by atoms with van der Waals surface area (Å²) in [5.41, 5.74) is 6.81. The molecule has 0 radical (unpaired) electrons. The number of nitrogen functional groups attached to an aromatic ring is 1. The number of aliphatic hydroxyl groups excluding tert-OH is 2. The highest BCUT2D eigenvalue weighted by Gasteiger charge is 2.39. The Morgan fingerprint density at radius 1 is 1.23 bits per heavy atom. The Hall–Kier alpha value is -3.42. The van der Waals surface area contributed by atoms with Crippen molar-refractivity contribution in [3.8, 4) is 6.01 Å². The first-order valence-electron chi connectivity index (χ1n) is 9.11. The number of aliphatic hydroxyl groups is 2. The van der Waals surface area contributed by atoms with E-state index in [1.54, 1.807) is 10.6 Å². The molecule has 4 rings (SSSR count). The van der Waals surface area contributed by atoms with Gasteiger partial charge in [-0.05, 0) is 6.07 Å². The van der Waals surface area contributed by atoms with Crippen molar-refractivity contribution in [1.29, 1.82) is 0 Å². The van der Waals surface area contributed by atoms with Crippen molar-refractivity contribution >= 4 is 22.9 Å². The van der Waals surface area contributed by atoms with Gasteiger partial charge in [-0.1, -0.05) is 0 Å². The SMILES string of the molecule is Nc1ncnc2ncn(C[C@H]3OC[C@@H](NC(=O)COc4ncccn4)[C@H](O)[C@@H]3O)c12. The van der Waals surface area contributed by atoms with E-state index in [9.17, 15) is 15.0 Å². The van der Waals surface area contributed by atoms with Crippen LogP contribution >= 0.6 is 0 Å². The maximum Gasteiger partial charge on any atom is 0.316 e. The number of fused-ring (bicyclic) bond motifs is 1. The van der Waals surface area contributed by atoms with Crippen LogP contribution in [0.5, 0.6) is 6.01 Å². The molecule has 30 heavy (non-hydrogen) atoms. The minimum Gasteiger partial charge on any atom is -0.453 e. The number of anilines is 1. The molecule has 13 nitrogen and oxygen atoms in total. The molecule has 0 spiro atoms. The fourth-order valence-corrected chi connectivity index (χ4v) is 3.18. The summed E-state index contributed by atoms with van der Waals surface area (Å²) in [6, 6.07) is 0.870. The van der Waals surface area contributed by atoms with Crippen LogP contribution in [0.15, 0.2) is 31.1 Å². The topological polar surface area (TPSA) is 183 Å². The quantitative estimate of drug-likeness (QED) is 0.344. The Bertz CT molecular complexity index is 1020. The highest BCUT2D eigenvalue weighted by Crippen LogP contribution is 2.21. The van der Waals surface area contributed by atoms with Crippen LogP contribution in [-0.4, -0.2) is 83.2 Å². The van der Waals surface area contributed by atoms with Gasteiger partial charge in [-0.15, -0.1) is 0 Å². The smallest absolute Gasteiger partial charge is 0.316 e. The fourth-order valence-electron chi connectivity index (χ4n) is 3.18. The minimum atomic E-state index is -1.26. The summed E-state index contributed by atoms with van der Waals surface area (Å²) in [5, 5.41) is 23.5. The standard InChI is InChI=1S/C17H20N8O5/c18-15-12-16(22-7-21-15)23-8-25(12)4-10-14(28)13(27)9(5-29-10)24-11(26)6-30-17-19-2-1-3-20-17/h1-3,7-10,13-14,27-28H,4-6H2,(H,24,26)(H2,18,21,22)/t9-,10-,13+,14-/m1/s1. The summed E-state index contributed by atoms with van der Waals surface area (Å²) in [7, 11) is 0. The van der Waals surface area contributed by atoms with E-state index in [-0.39, 0.29) is 31.6 Å². The van der Waals surface area contributed by atoms with E-state index in [2.05, 4.69) is 30.2 Å². The second kappa shape index (κ2) is 8.52. The molecule has 158 valence electrons. The average Bonchev–Trinajstić information content (AvgIpc) is 3.17. The molecule has 4 atom stereocenters. The first-order chi connectivity index (χ1) is 14.5. The molecule has 1 saturated heterocycles. The van der Waals surface area contributed by atoms with Crippen LogP contribution in [0.2, 0.25) is 0 Å². The number of nitrogens with zero attached hydrogens (tertiary/aromatic N) is 6. The molecule has 0 aromatic carbocycles. The summed E-state index contributed by atoms with van der Waals surface area (Å²) in [6.07, 6.45) is 2.53. The summed E-state index contributed by atoms with van der Waals surface area (Å²) in [5.74, 6) is -0.262. The van der Waals surface area contributed by atoms with E-state index >= 15 is 0 Å². The van der Waals surface area contributed by atoms with Crippen molar-refractivity contribution in [3.63, 3.8) is 0 Å². The first-order valence-corrected chi connectivity index (χ1v) is 9.11. The fraction of sp³-hybridized carbons (Fsp3) is 0.412. The van der Waals surface area contributed by atoms with Gasteiger partial charge in [0.1, 0.15) is 30.2 Å². The molecule has 3 aromatic rings. The number of carbonyl (C=O) groups excluding carboxylic acids is 1. The number of carbonyl (C=O) groups is 1. The molecule has 3 aromatic heterocycles. The number of aromatic nitrogens is 6. The minimum absolute atomic E-state index is 0.00488. The Kier molecular flexibility index (Phi) is 5.65. The zero-order valence-electron chi connectivity index (χ0n) is 15.7. The van der Waals surface area contributed by atoms with Crippen LogP contribution in [0.25, 0.3) is 11.2 Å². The zero-order valence-corrected chi connectivity index (χ0v) is 15.7. The van der Waals surface area contributed by atoms with E-state index in [0.29, 0.717) is 11.2 Å². The number of hydrogen-bond acceptors (Lipinski definition) is 11. The number of amides is 1. The van der Waals surface area contributed by atoms with Crippen LogP contribution < -0.4 is 15.8 Å². The van der Waals surface area contributed by atoms with Crippen molar-refractivity contribution in [2.24, 2.45) is 0 Å². The van der Waals surface area contributed by atoms with E-state index in [4.69, 9.17) is 15.2 Å². The Labute approximate surface area is 169 Å². The van der Waals surface area contributed by atoms with E-state index in [0.717, 1.165) is 0 Å². The second-order valence-corrected chi connectivity index (χ2v) is 6.68. The number of nitrogens with two attached hydrogens (primary N) is 1. The van der Waals surface area contributed by atoms with E-state index in [1.165, 1.54) is 25.0 Å². The van der Waals surface area contributed by atoms with Crippen molar-refractivity contribution in [3.05, 3.63) is 31.1 Å². The van der Waals surface area contributed by atoms with Gasteiger partial charge in [0.15, 0.2) is 18.1 Å². The molecule has 1 aliphatic heterocycles. The number of nitrogens with one attached hydrogen (secondary N) is 1. The van der Waals surface area contributed by atoms with Crippen molar-refractivity contribution in [2.45, 2.75) is 30.9 Å². The summed E-state index contributed by atoms with van der Waals surface area (Å²) >= 11 is 0. The van der Waals surface area contributed by atoms with Crippen molar-refractivity contribution in [1.82, 2.24) is 34.8 Å². The maximum absolute atomic E-state index is 12.1. The number of imidazole rings is 1.